The second kappa shape index (κ2) is 5.53. The van der Waals surface area contributed by atoms with Gasteiger partial charge in [-0.2, -0.15) is 0 Å². The minimum Gasteiger partial charge on any atom is -0.373 e. The molecule has 1 heterocycles. The zero-order valence-corrected chi connectivity index (χ0v) is 12.4. The maximum atomic E-state index is 11.4. The van der Waals surface area contributed by atoms with Crippen molar-refractivity contribution in [3.05, 3.63) is 87.9 Å². The second-order valence-electron chi connectivity index (χ2n) is 4.61. The van der Waals surface area contributed by atoms with Gasteiger partial charge in [-0.05, 0) is 17.7 Å². The van der Waals surface area contributed by atoms with Crippen LogP contribution in [0.25, 0.3) is 0 Å². The van der Waals surface area contributed by atoms with E-state index >= 15 is 0 Å². The van der Waals surface area contributed by atoms with Crippen molar-refractivity contribution in [1.82, 2.24) is 9.97 Å². The lowest BCUT2D eigenvalue weighted by atomic mass is 9.85. The van der Waals surface area contributed by atoms with Gasteiger partial charge in [-0.3, -0.25) is 0 Å². The van der Waals surface area contributed by atoms with Gasteiger partial charge in [-0.1, -0.05) is 59.6 Å². The Balaban J connectivity index is 2.33. The number of hydrogen-bond donors (Lipinski definition) is 2. The van der Waals surface area contributed by atoms with Gasteiger partial charge in [0.25, 0.3) is 0 Å². The molecule has 0 aliphatic carbocycles. The van der Waals surface area contributed by atoms with Crippen LogP contribution in [0.4, 0.5) is 0 Å². The first-order valence-electron chi connectivity index (χ1n) is 6.36. The summed E-state index contributed by atoms with van der Waals surface area (Å²) in [4.78, 5) is 7.15. The van der Waals surface area contributed by atoms with Gasteiger partial charge in [0.15, 0.2) is 5.60 Å². The van der Waals surface area contributed by atoms with Crippen molar-refractivity contribution in [3.8, 4) is 0 Å². The molecule has 0 radical (unpaired) electrons. The van der Waals surface area contributed by atoms with Gasteiger partial charge in [0.2, 0.25) is 0 Å². The Labute approximate surface area is 132 Å². The molecule has 3 rings (SSSR count). The van der Waals surface area contributed by atoms with E-state index in [1.165, 1.54) is 0 Å². The number of aromatic nitrogens is 2. The predicted octanol–water partition coefficient (Wildman–Crippen LogP) is 4.00. The number of aliphatic hydroxyl groups is 1. The Kier molecular flexibility index (Phi) is 3.72. The van der Waals surface area contributed by atoms with E-state index in [2.05, 4.69) is 9.97 Å². The summed E-state index contributed by atoms with van der Waals surface area (Å²) in [5.74, 6) is 0.365. The van der Waals surface area contributed by atoms with Crippen LogP contribution in [0.2, 0.25) is 10.0 Å². The first kappa shape index (κ1) is 14.1. The number of halogens is 2. The SMILES string of the molecule is OC(c1ccccc1)(c1ncc[nH]1)c1c(Cl)cccc1Cl. The second-order valence-corrected chi connectivity index (χ2v) is 5.43. The van der Waals surface area contributed by atoms with Gasteiger partial charge >= 0.3 is 0 Å². The van der Waals surface area contributed by atoms with Crippen LogP contribution in [0.15, 0.2) is 60.9 Å². The van der Waals surface area contributed by atoms with Gasteiger partial charge in [-0.25, -0.2) is 4.98 Å². The first-order valence-corrected chi connectivity index (χ1v) is 7.12. The van der Waals surface area contributed by atoms with Crippen molar-refractivity contribution >= 4 is 23.2 Å². The van der Waals surface area contributed by atoms with E-state index in [0.29, 0.717) is 27.0 Å². The average Bonchev–Trinajstić information content (AvgIpc) is 3.02. The molecule has 0 saturated heterocycles. The minimum atomic E-state index is -1.54. The molecule has 0 fully saturated rings. The van der Waals surface area contributed by atoms with E-state index in [1.807, 2.05) is 30.3 Å². The lowest BCUT2D eigenvalue weighted by Crippen LogP contribution is -2.31. The normalized spacial score (nSPS) is 13.9. The van der Waals surface area contributed by atoms with Crippen LogP contribution in [-0.4, -0.2) is 15.1 Å². The number of benzene rings is 2. The van der Waals surface area contributed by atoms with Gasteiger partial charge in [0.05, 0.1) is 0 Å². The Hall–Kier alpha value is -1.81. The van der Waals surface area contributed by atoms with Gasteiger partial charge < -0.3 is 10.1 Å². The molecule has 3 aromatic rings. The third-order valence-electron chi connectivity index (χ3n) is 3.36. The smallest absolute Gasteiger partial charge is 0.175 e. The molecule has 0 spiro atoms. The van der Waals surface area contributed by atoms with Crippen LogP contribution in [-0.2, 0) is 5.60 Å². The molecular weight excluding hydrogens is 307 g/mol. The Morgan fingerprint density at radius 1 is 0.952 bits per heavy atom. The van der Waals surface area contributed by atoms with Gasteiger partial charge in [0.1, 0.15) is 5.82 Å². The molecule has 0 aliphatic heterocycles. The standard InChI is InChI=1S/C16H12Cl2N2O/c17-12-7-4-8-13(18)14(12)16(21,15-19-9-10-20-15)11-5-2-1-3-6-11/h1-10,21H,(H,19,20). The summed E-state index contributed by atoms with van der Waals surface area (Å²) in [6, 6.07) is 14.3. The monoisotopic (exact) mass is 318 g/mol. The quantitative estimate of drug-likeness (QED) is 0.766. The Bertz CT molecular complexity index is 724. The molecule has 1 atom stereocenters. The molecule has 2 N–H and O–H groups in total. The predicted molar refractivity (Wildman–Crippen MR) is 83.6 cm³/mol. The number of nitrogens with one attached hydrogen (secondary N) is 1. The molecule has 0 aliphatic rings. The third-order valence-corrected chi connectivity index (χ3v) is 3.99. The lowest BCUT2D eigenvalue weighted by Gasteiger charge is -2.29. The fourth-order valence-electron chi connectivity index (χ4n) is 2.39. The molecule has 2 aromatic carbocycles. The van der Waals surface area contributed by atoms with E-state index in [1.54, 1.807) is 30.6 Å². The van der Waals surface area contributed by atoms with Crippen LogP contribution in [0.3, 0.4) is 0 Å². The number of rotatable bonds is 3. The van der Waals surface area contributed by atoms with E-state index in [9.17, 15) is 5.11 Å². The topological polar surface area (TPSA) is 48.9 Å². The van der Waals surface area contributed by atoms with Crippen molar-refractivity contribution in [3.63, 3.8) is 0 Å². The molecule has 3 nitrogen and oxygen atoms in total. The molecule has 0 bridgehead atoms. The highest BCUT2D eigenvalue weighted by atomic mass is 35.5. The van der Waals surface area contributed by atoms with Crippen molar-refractivity contribution in [2.75, 3.05) is 0 Å². The van der Waals surface area contributed by atoms with E-state index in [-0.39, 0.29) is 0 Å². The molecule has 1 unspecified atom stereocenters. The molecule has 21 heavy (non-hydrogen) atoms. The minimum absolute atomic E-state index is 0.365. The maximum Gasteiger partial charge on any atom is 0.175 e. The number of imidazole rings is 1. The molecule has 0 amide bonds. The van der Waals surface area contributed by atoms with E-state index in [0.717, 1.165) is 0 Å². The van der Waals surface area contributed by atoms with E-state index in [4.69, 9.17) is 23.2 Å². The highest BCUT2D eigenvalue weighted by Crippen LogP contribution is 2.41. The molecule has 5 heteroatoms. The van der Waals surface area contributed by atoms with Crippen molar-refractivity contribution in [2.45, 2.75) is 5.60 Å². The maximum absolute atomic E-state index is 11.4. The number of hydrogen-bond acceptors (Lipinski definition) is 2. The number of aromatic amines is 1. The zero-order chi connectivity index (χ0) is 14.9. The van der Waals surface area contributed by atoms with Crippen LogP contribution in [0, 0.1) is 0 Å². The fraction of sp³-hybridized carbons (Fsp3) is 0.0625. The summed E-state index contributed by atoms with van der Waals surface area (Å²) < 4.78 is 0. The van der Waals surface area contributed by atoms with Crippen molar-refractivity contribution in [1.29, 1.82) is 0 Å². The summed E-state index contributed by atoms with van der Waals surface area (Å²) in [6.45, 7) is 0. The molecular formula is C16H12Cl2N2O. The lowest BCUT2D eigenvalue weighted by molar-refractivity contribution is 0.117. The van der Waals surface area contributed by atoms with Gasteiger partial charge in [0, 0.05) is 28.0 Å². The zero-order valence-electron chi connectivity index (χ0n) is 10.9. The first-order chi connectivity index (χ1) is 10.1. The highest BCUT2D eigenvalue weighted by molar-refractivity contribution is 6.36. The molecule has 106 valence electrons. The summed E-state index contributed by atoms with van der Waals surface area (Å²) in [7, 11) is 0. The summed E-state index contributed by atoms with van der Waals surface area (Å²) >= 11 is 12.6. The Morgan fingerprint density at radius 3 is 2.19 bits per heavy atom. The summed E-state index contributed by atoms with van der Waals surface area (Å²) in [5.41, 5.74) is -0.496. The van der Waals surface area contributed by atoms with Crippen molar-refractivity contribution in [2.24, 2.45) is 0 Å². The van der Waals surface area contributed by atoms with Gasteiger partial charge in [-0.15, -0.1) is 0 Å². The number of H-pyrrole nitrogens is 1. The summed E-state index contributed by atoms with van der Waals surface area (Å²) in [5, 5.41) is 12.2. The van der Waals surface area contributed by atoms with E-state index < -0.39 is 5.60 Å². The van der Waals surface area contributed by atoms with Crippen LogP contribution in [0.1, 0.15) is 17.0 Å². The van der Waals surface area contributed by atoms with Crippen LogP contribution in [0.5, 0.6) is 0 Å². The summed E-state index contributed by atoms with van der Waals surface area (Å²) in [6.07, 6.45) is 3.22. The average molecular weight is 319 g/mol. The highest BCUT2D eigenvalue weighted by Gasteiger charge is 2.39. The Morgan fingerprint density at radius 2 is 1.62 bits per heavy atom. The van der Waals surface area contributed by atoms with Crippen LogP contribution < -0.4 is 0 Å². The number of nitrogens with zero attached hydrogens (tertiary/aromatic N) is 1. The van der Waals surface area contributed by atoms with Crippen molar-refractivity contribution < 1.29 is 5.11 Å². The largest absolute Gasteiger partial charge is 0.373 e. The third kappa shape index (κ3) is 2.33. The fourth-order valence-corrected chi connectivity index (χ4v) is 3.06. The van der Waals surface area contributed by atoms with Crippen LogP contribution >= 0.6 is 23.2 Å². The molecule has 1 aromatic heterocycles. The molecule has 0 saturated carbocycles.